The maximum atomic E-state index is 12.8. The van der Waals surface area contributed by atoms with Crippen LogP contribution >= 0.6 is 0 Å². The van der Waals surface area contributed by atoms with E-state index in [4.69, 9.17) is 4.74 Å². The van der Waals surface area contributed by atoms with Crippen molar-refractivity contribution in [3.8, 4) is 0 Å². The summed E-state index contributed by atoms with van der Waals surface area (Å²) in [5.74, 6) is 0.103. The molecule has 0 N–H and O–H groups in total. The smallest absolute Gasteiger partial charge is 0.193 e. The van der Waals surface area contributed by atoms with E-state index in [0.717, 1.165) is 49.5 Å². The number of hydrogen-bond acceptors (Lipinski definition) is 3. The molecule has 0 saturated carbocycles. The summed E-state index contributed by atoms with van der Waals surface area (Å²) in [6.07, 6.45) is 0. The van der Waals surface area contributed by atoms with Crippen molar-refractivity contribution in [1.29, 1.82) is 0 Å². The minimum absolute atomic E-state index is 0.103. The lowest BCUT2D eigenvalue weighted by Gasteiger charge is -2.26. The molecule has 120 valence electrons. The van der Waals surface area contributed by atoms with E-state index in [1.54, 1.807) is 0 Å². The standard InChI is InChI=1S/C20H23NO2/c1-15-6-7-19(16(2)12-15)20(22)18-5-3-4-17(13-18)14-21-8-10-23-11-9-21/h3-7,12-13H,8-11,14H2,1-2H3. The van der Waals surface area contributed by atoms with Gasteiger partial charge in [0.05, 0.1) is 13.2 Å². The maximum Gasteiger partial charge on any atom is 0.193 e. The third-order valence-corrected chi connectivity index (χ3v) is 4.33. The highest BCUT2D eigenvalue weighted by Crippen LogP contribution is 2.17. The summed E-state index contributed by atoms with van der Waals surface area (Å²) in [6.45, 7) is 8.41. The van der Waals surface area contributed by atoms with Crippen LogP contribution in [0, 0.1) is 13.8 Å². The number of carbonyl (C=O) groups is 1. The number of morpholine rings is 1. The van der Waals surface area contributed by atoms with Crippen LogP contribution in [0.4, 0.5) is 0 Å². The number of hydrogen-bond donors (Lipinski definition) is 0. The SMILES string of the molecule is Cc1ccc(C(=O)c2cccc(CN3CCOCC3)c2)c(C)c1. The Hall–Kier alpha value is -1.97. The average Bonchev–Trinajstić information content (AvgIpc) is 2.55. The molecule has 0 amide bonds. The monoisotopic (exact) mass is 309 g/mol. The van der Waals surface area contributed by atoms with E-state index in [-0.39, 0.29) is 5.78 Å². The normalized spacial score (nSPS) is 15.6. The quantitative estimate of drug-likeness (QED) is 0.811. The molecule has 1 aliphatic rings. The topological polar surface area (TPSA) is 29.5 Å². The van der Waals surface area contributed by atoms with E-state index in [2.05, 4.69) is 17.0 Å². The van der Waals surface area contributed by atoms with Gasteiger partial charge < -0.3 is 4.74 Å². The fourth-order valence-corrected chi connectivity index (χ4v) is 3.05. The molecule has 1 saturated heterocycles. The van der Waals surface area contributed by atoms with E-state index >= 15 is 0 Å². The molecule has 0 spiro atoms. The van der Waals surface area contributed by atoms with Crippen LogP contribution in [0.2, 0.25) is 0 Å². The fraction of sp³-hybridized carbons (Fsp3) is 0.350. The Balaban J connectivity index is 1.79. The van der Waals surface area contributed by atoms with Gasteiger partial charge in [0.1, 0.15) is 0 Å². The second kappa shape index (κ2) is 7.07. The Labute approximate surface area is 137 Å². The van der Waals surface area contributed by atoms with Gasteiger partial charge in [-0.15, -0.1) is 0 Å². The summed E-state index contributed by atoms with van der Waals surface area (Å²) in [5.41, 5.74) is 4.96. The molecule has 0 bridgehead atoms. The first-order valence-corrected chi connectivity index (χ1v) is 8.14. The van der Waals surface area contributed by atoms with E-state index in [9.17, 15) is 4.79 Å². The summed E-state index contributed by atoms with van der Waals surface area (Å²) in [5, 5.41) is 0. The number of aryl methyl sites for hydroxylation is 2. The predicted octanol–water partition coefficient (Wildman–Crippen LogP) is 3.37. The molecule has 2 aromatic carbocycles. The van der Waals surface area contributed by atoms with Gasteiger partial charge >= 0.3 is 0 Å². The zero-order valence-corrected chi connectivity index (χ0v) is 13.8. The predicted molar refractivity (Wildman–Crippen MR) is 91.9 cm³/mol. The average molecular weight is 309 g/mol. The van der Waals surface area contributed by atoms with Crippen molar-refractivity contribution >= 4 is 5.78 Å². The third kappa shape index (κ3) is 3.87. The van der Waals surface area contributed by atoms with E-state index < -0.39 is 0 Å². The maximum absolute atomic E-state index is 12.8. The van der Waals surface area contributed by atoms with Crippen LogP contribution in [0.1, 0.15) is 32.6 Å². The van der Waals surface area contributed by atoms with Crippen LogP contribution < -0.4 is 0 Å². The fourth-order valence-electron chi connectivity index (χ4n) is 3.05. The van der Waals surface area contributed by atoms with E-state index in [1.165, 1.54) is 11.1 Å². The van der Waals surface area contributed by atoms with Gasteiger partial charge in [-0.3, -0.25) is 9.69 Å². The summed E-state index contributed by atoms with van der Waals surface area (Å²) >= 11 is 0. The molecule has 3 rings (SSSR count). The zero-order chi connectivity index (χ0) is 16.2. The molecular weight excluding hydrogens is 286 g/mol. The Morgan fingerprint density at radius 3 is 2.61 bits per heavy atom. The molecule has 1 aliphatic heterocycles. The number of rotatable bonds is 4. The lowest BCUT2D eigenvalue weighted by Crippen LogP contribution is -2.35. The highest BCUT2D eigenvalue weighted by atomic mass is 16.5. The van der Waals surface area contributed by atoms with Crippen molar-refractivity contribution in [3.05, 3.63) is 70.3 Å². The van der Waals surface area contributed by atoms with Crippen molar-refractivity contribution in [2.75, 3.05) is 26.3 Å². The number of nitrogens with zero attached hydrogens (tertiary/aromatic N) is 1. The number of ketones is 1. The van der Waals surface area contributed by atoms with Gasteiger partial charge in [0.2, 0.25) is 0 Å². The van der Waals surface area contributed by atoms with Gasteiger partial charge in [0, 0.05) is 30.8 Å². The van der Waals surface area contributed by atoms with Crippen molar-refractivity contribution in [2.24, 2.45) is 0 Å². The Morgan fingerprint density at radius 2 is 1.87 bits per heavy atom. The first-order valence-electron chi connectivity index (χ1n) is 8.14. The van der Waals surface area contributed by atoms with Crippen molar-refractivity contribution < 1.29 is 9.53 Å². The Kier molecular flexibility index (Phi) is 4.89. The van der Waals surface area contributed by atoms with Crippen LogP contribution in [-0.2, 0) is 11.3 Å². The molecule has 0 aliphatic carbocycles. The summed E-state index contributed by atoms with van der Waals surface area (Å²) in [6, 6.07) is 14.0. The molecule has 3 nitrogen and oxygen atoms in total. The van der Waals surface area contributed by atoms with Gasteiger partial charge in [-0.25, -0.2) is 0 Å². The third-order valence-electron chi connectivity index (χ3n) is 4.33. The van der Waals surface area contributed by atoms with Crippen LogP contribution in [-0.4, -0.2) is 37.0 Å². The minimum Gasteiger partial charge on any atom is -0.379 e. The molecule has 0 radical (unpaired) electrons. The van der Waals surface area contributed by atoms with Gasteiger partial charge in [-0.1, -0.05) is 42.0 Å². The van der Waals surface area contributed by atoms with Gasteiger partial charge in [0.15, 0.2) is 5.78 Å². The second-order valence-electron chi connectivity index (χ2n) is 6.24. The van der Waals surface area contributed by atoms with Crippen molar-refractivity contribution in [3.63, 3.8) is 0 Å². The number of benzene rings is 2. The van der Waals surface area contributed by atoms with Crippen molar-refractivity contribution in [1.82, 2.24) is 4.90 Å². The minimum atomic E-state index is 0.103. The molecular formula is C20H23NO2. The van der Waals surface area contributed by atoms with Crippen LogP contribution in [0.5, 0.6) is 0 Å². The van der Waals surface area contributed by atoms with Crippen LogP contribution in [0.25, 0.3) is 0 Å². The first kappa shape index (κ1) is 15.9. The van der Waals surface area contributed by atoms with Gasteiger partial charge in [-0.05, 0) is 31.0 Å². The van der Waals surface area contributed by atoms with Crippen LogP contribution in [0.3, 0.4) is 0 Å². The van der Waals surface area contributed by atoms with E-state index in [0.29, 0.717) is 0 Å². The van der Waals surface area contributed by atoms with Crippen LogP contribution in [0.15, 0.2) is 42.5 Å². The highest BCUT2D eigenvalue weighted by Gasteiger charge is 2.14. The molecule has 1 fully saturated rings. The van der Waals surface area contributed by atoms with Gasteiger partial charge in [-0.2, -0.15) is 0 Å². The molecule has 0 unspecified atom stereocenters. The molecule has 1 heterocycles. The summed E-state index contributed by atoms with van der Waals surface area (Å²) < 4.78 is 5.38. The number of ether oxygens (including phenoxy) is 1. The Morgan fingerprint density at radius 1 is 1.09 bits per heavy atom. The Bertz CT molecular complexity index is 703. The molecule has 2 aromatic rings. The number of carbonyl (C=O) groups excluding carboxylic acids is 1. The van der Waals surface area contributed by atoms with Gasteiger partial charge in [0.25, 0.3) is 0 Å². The lowest BCUT2D eigenvalue weighted by molar-refractivity contribution is 0.0342. The second-order valence-corrected chi connectivity index (χ2v) is 6.24. The molecule has 3 heteroatoms. The first-order chi connectivity index (χ1) is 11.1. The van der Waals surface area contributed by atoms with Crippen molar-refractivity contribution in [2.45, 2.75) is 20.4 Å². The van der Waals surface area contributed by atoms with E-state index in [1.807, 2.05) is 44.2 Å². The largest absolute Gasteiger partial charge is 0.379 e. The highest BCUT2D eigenvalue weighted by molar-refractivity contribution is 6.10. The molecule has 23 heavy (non-hydrogen) atoms. The molecule has 0 atom stereocenters. The summed E-state index contributed by atoms with van der Waals surface area (Å²) in [4.78, 5) is 15.2. The lowest BCUT2D eigenvalue weighted by atomic mass is 9.96. The zero-order valence-electron chi connectivity index (χ0n) is 13.8. The summed E-state index contributed by atoms with van der Waals surface area (Å²) in [7, 11) is 0. The molecule has 0 aromatic heterocycles.